The molecule has 0 bridgehead atoms. The van der Waals surface area contributed by atoms with Crippen molar-refractivity contribution in [3.05, 3.63) is 29.8 Å². The molecule has 1 rings (SSSR count). The average Bonchev–Trinajstić information content (AvgIpc) is 2.18. The lowest BCUT2D eigenvalue weighted by atomic mass is 9.98. The molecule has 0 spiro atoms. The highest BCUT2D eigenvalue weighted by atomic mass is 16.5. The Morgan fingerprint density at radius 3 is 2.33 bits per heavy atom. The van der Waals surface area contributed by atoms with Gasteiger partial charge in [-0.1, -0.05) is 12.1 Å². The van der Waals surface area contributed by atoms with Gasteiger partial charge in [-0.2, -0.15) is 0 Å². The molecule has 0 aromatic heterocycles. The molecule has 0 heterocycles. The number of carbonyl (C=O) groups is 1. The highest BCUT2D eigenvalue weighted by molar-refractivity contribution is 5.38. The van der Waals surface area contributed by atoms with Crippen molar-refractivity contribution in [2.75, 3.05) is 7.11 Å². The van der Waals surface area contributed by atoms with E-state index in [-0.39, 0.29) is 0 Å². The molecule has 1 aromatic carbocycles. The molecular formula is C12H16O3. The quantitative estimate of drug-likeness (QED) is 0.696. The topological polar surface area (TPSA) is 35.5 Å². The molecule has 3 heteroatoms. The summed E-state index contributed by atoms with van der Waals surface area (Å²) < 4.78 is 10.0. The van der Waals surface area contributed by atoms with Gasteiger partial charge in [-0.25, -0.2) is 0 Å². The number of carbonyl (C=O) groups excluding carboxylic acids is 1. The molecule has 0 aliphatic heterocycles. The van der Waals surface area contributed by atoms with Crippen LogP contribution in [0.5, 0.6) is 5.75 Å². The number of methoxy groups -OCH3 is 1. The van der Waals surface area contributed by atoms with Crippen molar-refractivity contribution in [1.29, 1.82) is 0 Å². The molecule has 0 aliphatic rings. The summed E-state index contributed by atoms with van der Waals surface area (Å²) in [5.41, 5.74) is 0.652. The maximum atomic E-state index is 10.3. The molecule has 0 saturated carbocycles. The molecular weight excluding hydrogens is 192 g/mol. The normalized spacial score (nSPS) is 10.9. The van der Waals surface area contributed by atoms with Gasteiger partial charge in [0.05, 0.1) is 7.11 Å². The first-order valence-corrected chi connectivity index (χ1v) is 4.82. The summed E-state index contributed by atoms with van der Waals surface area (Å²) in [6, 6.07) is 7.72. The number of hydrogen-bond donors (Lipinski definition) is 0. The Bertz CT molecular complexity index is 314. The van der Waals surface area contributed by atoms with Crippen LogP contribution in [-0.2, 0) is 16.0 Å². The Morgan fingerprint density at radius 1 is 1.27 bits per heavy atom. The van der Waals surface area contributed by atoms with Gasteiger partial charge in [0, 0.05) is 6.42 Å². The van der Waals surface area contributed by atoms with Crippen LogP contribution in [0, 0.1) is 0 Å². The summed E-state index contributed by atoms with van der Waals surface area (Å²) in [5.74, 6) is 0.827. The van der Waals surface area contributed by atoms with E-state index in [1.54, 1.807) is 7.11 Å². The second kappa shape index (κ2) is 4.82. The van der Waals surface area contributed by atoms with Gasteiger partial charge in [0.15, 0.2) is 0 Å². The van der Waals surface area contributed by atoms with Crippen LogP contribution in [0.3, 0.4) is 0 Å². The summed E-state index contributed by atoms with van der Waals surface area (Å²) in [7, 11) is 1.63. The van der Waals surface area contributed by atoms with E-state index < -0.39 is 5.60 Å². The lowest BCUT2D eigenvalue weighted by Gasteiger charge is -2.22. The predicted molar refractivity (Wildman–Crippen MR) is 57.9 cm³/mol. The minimum atomic E-state index is -0.462. The van der Waals surface area contributed by atoms with E-state index in [2.05, 4.69) is 0 Å². The first kappa shape index (κ1) is 11.6. The van der Waals surface area contributed by atoms with Crippen molar-refractivity contribution in [2.24, 2.45) is 0 Å². The second-order valence-corrected chi connectivity index (χ2v) is 4.00. The third-order valence-corrected chi connectivity index (χ3v) is 2.16. The van der Waals surface area contributed by atoms with Gasteiger partial charge < -0.3 is 9.47 Å². The van der Waals surface area contributed by atoms with E-state index in [4.69, 9.17) is 9.47 Å². The highest BCUT2D eigenvalue weighted by Crippen LogP contribution is 2.18. The third kappa shape index (κ3) is 3.62. The maximum absolute atomic E-state index is 10.3. The smallest absolute Gasteiger partial charge is 0.293 e. The fourth-order valence-corrected chi connectivity index (χ4v) is 1.41. The number of ether oxygens (including phenoxy) is 2. The number of hydrogen-bond acceptors (Lipinski definition) is 3. The Balaban J connectivity index is 2.68. The van der Waals surface area contributed by atoms with Gasteiger partial charge in [0.2, 0.25) is 0 Å². The number of benzene rings is 1. The fraction of sp³-hybridized carbons (Fsp3) is 0.417. The molecule has 0 atom stereocenters. The van der Waals surface area contributed by atoms with E-state index >= 15 is 0 Å². The van der Waals surface area contributed by atoms with E-state index in [1.165, 1.54) is 0 Å². The molecule has 0 saturated heterocycles. The van der Waals surface area contributed by atoms with Crippen molar-refractivity contribution in [2.45, 2.75) is 25.9 Å². The van der Waals surface area contributed by atoms with Crippen LogP contribution in [0.25, 0.3) is 0 Å². The summed E-state index contributed by atoms with van der Waals surface area (Å²) in [5, 5.41) is 0. The Kier molecular flexibility index (Phi) is 3.72. The first-order valence-electron chi connectivity index (χ1n) is 4.82. The van der Waals surface area contributed by atoms with Gasteiger partial charge in [-0.3, -0.25) is 4.79 Å². The first-order chi connectivity index (χ1) is 7.07. The van der Waals surface area contributed by atoms with E-state index in [1.807, 2.05) is 38.1 Å². The van der Waals surface area contributed by atoms with Crippen molar-refractivity contribution in [3.8, 4) is 5.75 Å². The Hall–Kier alpha value is -1.51. The summed E-state index contributed by atoms with van der Waals surface area (Å²) >= 11 is 0. The van der Waals surface area contributed by atoms with Gasteiger partial charge >= 0.3 is 0 Å². The molecule has 1 aromatic rings. The van der Waals surface area contributed by atoms with Crippen molar-refractivity contribution in [3.63, 3.8) is 0 Å². The second-order valence-electron chi connectivity index (χ2n) is 4.00. The summed E-state index contributed by atoms with van der Waals surface area (Å²) in [4.78, 5) is 10.3. The van der Waals surface area contributed by atoms with Crippen LogP contribution in [0.2, 0.25) is 0 Å². The van der Waals surface area contributed by atoms with Crippen LogP contribution in [-0.4, -0.2) is 19.2 Å². The average molecular weight is 208 g/mol. The molecule has 0 fully saturated rings. The van der Waals surface area contributed by atoms with Crippen molar-refractivity contribution in [1.82, 2.24) is 0 Å². The largest absolute Gasteiger partial charge is 0.497 e. The minimum absolute atomic E-state index is 0.462. The zero-order chi connectivity index (χ0) is 11.3. The van der Waals surface area contributed by atoms with Crippen LogP contribution >= 0.6 is 0 Å². The third-order valence-electron chi connectivity index (χ3n) is 2.16. The van der Waals surface area contributed by atoms with Crippen LogP contribution in [0.4, 0.5) is 0 Å². The van der Waals surface area contributed by atoms with Gasteiger partial charge in [0.1, 0.15) is 11.4 Å². The SMILES string of the molecule is COc1ccc(CC(C)(C)OC=O)cc1. The molecule has 0 radical (unpaired) electrons. The van der Waals surface area contributed by atoms with Crippen molar-refractivity contribution >= 4 is 6.47 Å². The molecule has 3 nitrogen and oxygen atoms in total. The summed E-state index contributed by atoms with van der Waals surface area (Å²) in [6.07, 6.45) is 0.690. The molecule has 0 aliphatic carbocycles. The lowest BCUT2D eigenvalue weighted by molar-refractivity contribution is -0.140. The van der Waals surface area contributed by atoms with Crippen LogP contribution in [0.15, 0.2) is 24.3 Å². The van der Waals surface area contributed by atoms with E-state index in [0.717, 1.165) is 11.3 Å². The Labute approximate surface area is 90.0 Å². The monoisotopic (exact) mass is 208 g/mol. The maximum Gasteiger partial charge on any atom is 0.293 e. The Morgan fingerprint density at radius 2 is 1.87 bits per heavy atom. The summed E-state index contributed by atoms with van der Waals surface area (Å²) in [6.45, 7) is 4.25. The van der Waals surface area contributed by atoms with Gasteiger partial charge in [-0.05, 0) is 31.5 Å². The molecule has 0 N–H and O–H groups in total. The van der Waals surface area contributed by atoms with Crippen LogP contribution < -0.4 is 4.74 Å². The lowest BCUT2D eigenvalue weighted by Crippen LogP contribution is -2.26. The molecule has 0 unspecified atom stereocenters. The van der Waals surface area contributed by atoms with Gasteiger partial charge in [-0.15, -0.1) is 0 Å². The van der Waals surface area contributed by atoms with E-state index in [9.17, 15) is 4.79 Å². The highest BCUT2D eigenvalue weighted by Gasteiger charge is 2.19. The zero-order valence-corrected chi connectivity index (χ0v) is 9.32. The minimum Gasteiger partial charge on any atom is -0.497 e. The molecule has 82 valence electrons. The molecule has 15 heavy (non-hydrogen) atoms. The molecule has 0 amide bonds. The van der Waals surface area contributed by atoms with Crippen molar-refractivity contribution < 1.29 is 14.3 Å². The van der Waals surface area contributed by atoms with E-state index in [0.29, 0.717) is 12.9 Å². The fourth-order valence-electron chi connectivity index (χ4n) is 1.41. The van der Waals surface area contributed by atoms with Crippen LogP contribution in [0.1, 0.15) is 19.4 Å². The predicted octanol–water partition coefficient (Wildman–Crippen LogP) is 2.19. The van der Waals surface area contributed by atoms with Gasteiger partial charge in [0.25, 0.3) is 6.47 Å². The zero-order valence-electron chi connectivity index (χ0n) is 9.32. The number of rotatable bonds is 5. The standard InChI is InChI=1S/C12H16O3/c1-12(2,15-9-13)8-10-4-6-11(14-3)7-5-10/h4-7,9H,8H2,1-3H3.